The third kappa shape index (κ3) is 4.03. The first-order valence-corrected chi connectivity index (χ1v) is 8.07. The van der Waals surface area contributed by atoms with Gasteiger partial charge < -0.3 is 9.30 Å². The summed E-state index contributed by atoms with van der Waals surface area (Å²) in [4.78, 5) is 0. The zero-order chi connectivity index (χ0) is 14.2. The highest BCUT2D eigenvalue weighted by Crippen LogP contribution is 2.22. The quantitative estimate of drug-likeness (QED) is 0.558. The molecule has 0 spiro atoms. The van der Waals surface area contributed by atoms with Crippen molar-refractivity contribution in [2.24, 2.45) is 0 Å². The van der Waals surface area contributed by atoms with Crippen LogP contribution in [0.3, 0.4) is 0 Å². The molecule has 2 heteroatoms. The Labute approximate surface area is 122 Å². The molecular weight excluding hydrogens is 246 g/mol. The fourth-order valence-corrected chi connectivity index (χ4v) is 2.57. The highest BCUT2D eigenvalue weighted by molar-refractivity contribution is 5.81. The Morgan fingerprint density at radius 3 is 2.60 bits per heavy atom. The summed E-state index contributed by atoms with van der Waals surface area (Å²) in [6, 6.07) is 8.62. The second-order valence-corrected chi connectivity index (χ2v) is 5.49. The third-order valence-electron chi connectivity index (χ3n) is 3.72. The van der Waals surface area contributed by atoms with Crippen molar-refractivity contribution < 1.29 is 4.74 Å². The van der Waals surface area contributed by atoms with Crippen molar-refractivity contribution in [2.45, 2.75) is 58.9 Å². The van der Waals surface area contributed by atoms with E-state index in [1.807, 2.05) is 0 Å². The van der Waals surface area contributed by atoms with E-state index in [0.717, 1.165) is 25.3 Å². The van der Waals surface area contributed by atoms with Gasteiger partial charge in [0.1, 0.15) is 5.75 Å². The number of aryl methyl sites for hydroxylation is 1. The molecule has 0 N–H and O–H groups in total. The molecule has 2 rings (SSSR count). The monoisotopic (exact) mass is 273 g/mol. The van der Waals surface area contributed by atoms with Gasteiger partial charge in [-0.3, -0.25) is 0 Å². The Hall–Kier alpha value is -1.44. The fraction of sp³-hybridized carbons (Fsp3) is 0.556. The molecule has 0 amide bonds. The van der Waals surface area contributed by atoms with Gasteiger partial charge in [0.05, 0.1) is 6.61 Å². The minimum Gasteiger partial charge on any atom is -0.494 e. The Kier molecular flexibility index (Phi) is 5.97. The van der Waals surface area contributed by atoms with Crippen LogP contribution in [-0.4, -0.2) is 11.2 Å². The topological polar surface area (TPSA) is 14.2 Å². The van der Waals surface area contributed by atoms with E-state index in [1.165, 1.54) is 43.0 Å². The van der Waals surface area contributed by atoms with E-state index >= 15 is 0 Å². The van der Waals surface area contributed by atoms with Crippen LogP contribution in [0.25, 0.3) is 10.9 Å². The molecular formula is C18H27NO. The molecule has 0 unspecified atom stereocenters. The SMILES string of the molecule is CCCCCCCn1ccc2cc(OCCC)ccc21. The van der Waals surface area contributed by atoms with Gasteiger partial charge in [-0.25, -0.2) is 0 Å². The lowest BCUT2D eigenvalue weighted by molar-refractivity contribution is 0.318. The van der Waals surface area contributed by atoms with E-state index in [-0.39, 0.29) is 0 Å². The molecule has 2 nitrogen and oxygen atoms in total. The minimum absolute atomic E-state index is 0.795. The summed E-state index contributed by atoms with van der Waals surface area (Å²) >= 11 is 0. The van der Waals surface area contributed by atoms with Gasteiger partial charge in [-0.1, -0.05) is 39.5 Å². The standard InChI is InChI=1S/C18H27NO/c1-3-5-6-7-8-12-19-13-11-16-15-17(20-14-4-2)9-10-18(16)19/h9-11,13,15H,3-8,12,14H2,1-2H3. The van der Waals surface area contributed by atoms with E-state index in [4.69, 9.17) is 4.74 Å². The van der Waals surface area contributed by atoms with E-state index in [9.17, 15) is 0 Å². The van der Waals surface area contributed by atoms with Gasteiger partial charge in [-0.15, -0.1) is 0 Å². The Morgan fingerprint density at radius 2 is 1.80 bits per heavy atom. The second-order valence-electron chi connectivity index (χ2n) is 5.49. The Balaban J connectivity index is 1.94. The molecule has 1 aromatic heterocycles. The molecule has 110 valence electrons. The maximum atomic E-state index is 5.69. The molecule has 0 aliphatic carbocycles. The lowest BCUT2D eigenvalue weighted by atomic mass is 10.1. The lowest BCUT2D eigenvalue weighted by Gasteiger charge is -2.07. The Morgan fingerprint density at radius 1 is 0.950 bits per heavy atom. The predicted octanol–water partition coefficient (Wildman–Crippen LogP) is 5.40. The van der Waals surface area contributed by atoms with Gasteiger partial charge in [-0.05, 0) is 37.1 Å². The average Bonchev–Trinajstić information content (AvgIpc) is 2.87. The summed E-state index contributed by atoms with van der Waals surface area (Å²) in [5.74, 6) is 0.986. The van der Waals surface area contributed by atoms with Gasteiger partial charge in [0, 0.05) is 23.6 Å². The van der Waals surface area contributed by atoms with Gasteiger partial charge in [0.25, 0.3) is 0 Å². The zero-order valence-electron chi connectivity index (χ0n) is 12.9. The van der Waals surface area contributed by atoms with Crippen LogP contribution in [-0.2, 0) is 6.54 Å². The second kappa shape index (κ2) is 7.98. The van der Waals surface area contributed by atoms with Crippen molar-refractivity contribution in [1.29, 1.82) is 0 Å². The van der Waals surface area contributed by atoms with Crippen molar-refractivity contribution in [3.05, 3.63) is 30.5 Å². The molecule has 0 saturated carbocycles. The first-order valence-electron chi connectivity index (χ1n) is 8.07. The first kappa shape index (κ1) is 15.0. The molecule has 0 atom stereocenters. The molecule has 0 fully saturated rings. The van der Waals surface area contributed by atoms with Gasteiger partial charge >= 0.3 is 0 Å². The van der Waals surface area contributed by atoms with Crippen molar-refractivity contribution >= 4 is 10.9 Å². The summed E-state index contributed by atoms with van der Waals surface area (Å²) in [5, 5.41) is 1.28. The number of hydrogen-bond donors (Lipinski definition) is 0. The molecule has 0 radical (unpaired) electrons. The number of unbranched alkanes of at least 4 members (excludes halogenated alkanes) is 4. The number of fused-ring (bicyclic) bond motifs is 1. The third-order valence-corrected chi connectivity index (χ3v) is 3.72. The fourth-order valence-electron chi connectivity index (χ4n) is 2.57. The summed E-state index contributed by atoms with van der Waals surface area (Å²) in [6.07, 6.45) is 9.91. The van der Waals surface area contributed by atoms with E-state index < -0.39 is 0 Å². The maximum absolute atomic E-state index is 5.69. The minimum atomic E-state index is 0.795. The summed E-state index contributed by atoms with van der Waals surface area (Å²) in [7, 11) is 0. The van der Waals surface area contributed by atoms with Crippen LogP contribution in [0.4, 0.5) is 0 Å². The number of aromatic nitrogens is 1. The van der Waals surface area contributed by atoms with Crippen LogP contribution < -0.4 is 4.74 Å². The van der Waals surface area contributed by atoms with Crippen molar-refractivity contribution in [2.75, 3.05) is 6.61 Å². The normalized spacial score (nSPS) is 11.1. The number of nitrogens with zero attached hydrogens (tertiary/aromatic N) is 1. The van der Waals surface area contributed by atoms with Gasteiger partial charge in [0.2, 0.25) is 0 Å². The molecule has 0 bridgehead atoms. The number of hydrogen-bond acceptors (Lipinski definition) is 1. The first-order chi connectivity index (χ1) is 9.85. The van der Waals surface area contributed by atoms with E-state index in [2.05, 4.69) is 48.9 Å². The predicted molar refractivity (Wildman–Crippen MR) is 86.5 cm³/mol. The summed E-state index contributed by atoms with van der Waals surface area (Å²) in [6.45, 7) is 6.32. The van der Waals surface area contributed by atoms with Crippen LogP contribution in [0.2, 0.25) is 0 Å². The molecule has 0 aliphatic heterocycles. The zero-order valence-corrected chi connectivity index (χ0v) is 12.9. The van der Waals surface area contributed by atoms with Gasteiger partial charge in [-0.2, -0.15) is 0 Å². The van der Waals surface area contributed by atoms with Crippen LogP contribution in [0.1, 0.15) is 52.4 Å². The van der Waals surface area contributed by atoms with Crippen molar-refractivity contribution in [3.63, 3.8) is 0 Å². The largest absolute Gasteiger partial charge is 0.494 e. The number of ether oxygens (including phenoxy) is 1. The number of benzene rings is 1. The smallest absolute Gasteiger partial charge is 0.120 e. The summed E-state index contributed by atoms with van der Waals surface area (Å²) in [5.41, 5.74) is 1.32. The molecule has 2 aromatic rings. The van der Waals surface area contributed by atoms with Crippen molar-refractivity contribution in [3.8, 4) is 5.75 Å². The Bertz CT molecular complexity index is 515. The summed E-state index contributed by atoms with van der Waals surface area (Å²) < 4.78 is 8.05. The highest BCUT2D eigenvalue weighted by Gasteiger charge is 2.02. The van der Waals surface area contributed by atoms with Gasteiger partial charge in [0.15, 0.2) is 0 Å². The molecule has 1 aromatic carbocycles. The van der Waals surface area contributed by atoms with Crippen molar-refractivity contribution in [1.82, 2.24) is 4.57 Å². The van der Waals surface area contributed by atoms with Crippen LogP contribution in [0, 0.1) is 0 Å². The lowest BCUT2D eigenvalue weighted by Crippen LogP contribution is -1.97. The highest BCUT2D eigenvalue weighted by atomic mass is 16.5. The average molecular weight is 273 g/mol. The van der Waals surface area contributed by atoms with E-state index in [0.29, 0.717) is 0 Å². The molecule has 0 saturated heterocycles. The molecule has 0 aliphatic rings. The van der Waals surface area contributed by atoms with Crippen LogP contribution in [0.15, 0.2) is 30.5 Å². The maximum Gasteiger partial charge on any atom is 0.120 e. The van der Waals surface area contributed by atoms with E-state index in [1.54, 1.807) is 0 Å². The van der Waals surface area contributed by atoms with Crippen LogP contribution in [0.5, 0.6) is 5.75 Å². The van der Waals surface area contributed by atoms with Crippen LogP contribution >= 0.6 is 0 Å². The molecule has 1 heterocycles. The molecule has 20 heavy (non-hydrogen) atoms. The number of rotatable bonds is 9.